The van der Waals surface area contributed by atoms with Gasteiger partial charge in [-0.05, 0) is 12.1 Å². The van der Waals surface area contributed by atoms with E-state index in [0.29, 0.717) is 17.1 Å². The highest BCUT2D eigenvalue weighted by molar-refractivity contribution is 6.31. The highest BCUT2D eigenvalue weighted by atomic mass is 35.5. The van der Waals surface area contributed by atoms with Crippen LogP contribution in [0.4, 0.5) is 0 Å². The number of benzene rings is 1. The van der Waals surface area contributed by atoms with E-state index in [4.69, 9.17) is 18.0 Å². The second kappa shape index (κ2) is 3.80. The number of aromatic nitrogens is 1. The molecule has 0 aliphatic rings. The van der Waals surface area contributed by atoms with E-state index in [0.717, 1.165) is 17.2 Å². The molecule has 0 fully saturated rings. The molecule has 0 bridgehead atoms. The lowest BCUT2D eigenvalue weighted by molar-refractivity contribution is 0.112. The largest absolute Gasteiger partial charge is 0.335 e. The summed E-state index contributed by atoms with van der Waals surface area (Å²) in [6.07, 6.45) is 7.81. The first-order valence-electron chi connectivity index (χ1n) is 4.43. The van der Waals surface area contributed by atoms with Gasteiger partial charge in [-0.1, -0.05) is 23.6 Å². The molecule has 0 saturated carbocycles. The van der Waals surface area contributed by atoms with Gasteiger partial charge in [0.25, 0.3) is 0 Å². The average molecular weight is 218 g/mol. The maximum Gasteiger partial charge on any atom is 0.152 e. The van der Waals surface area contributed by atoms with Crippen molar-refractivity contribution in [3.8, 4) is 12.3 Å². The normalized spacial score (nSPS) is 10.1. The monoisotopic (exact) mass is 217 g/mol. The van der Waals surface area contributed by atoms with Crippen LogP contribution in [0.1, 0.15) is 10.4 Å². The summed E-state index contributed by atoms with van der Waals surface area (Å²) in [6, 6.07) is 5.40. The fraction of sp³-hybridized carbons (Fsp3) is 0.0833. The summed E-state index contributed by atoms with van der Waals surface area (Å²) in [5.41, 5.74) is 1.53. The Balaban J connectivity index is 2.76. The molecule has 1 heterocycles. The second-order valence-corrected chi connectivity index (χ2v) is 3.63. The minimum atomic E-state index is 0.435. The van der Waals surface area contributed by atoms with Gasteiger partial charge in [0.15, 0.2) is 6.29 Å². The quantitative estimate of drug-likeness (QED) is 0.560. The predicted molar refractivity (Wildman–Crippen MR) is 61.2 cm³/mol. The molecule has 1 aromatic heterocycles. The van der Waals surface area contributed by atoms with Crippen LogP contribution in [0, 0.1) is 12.3 Å². The number of fused-ring (bicyclic) bond motifs is 1. The van der Waals surface area contributed by atoms with Gasteiger partial charge in [-0.3, -0.25) is 4.79 Å². The van der Waals surface area contributed by atoms with Crippen LogP contribution >= 0.6 is 11.6 Å². The molecule has 0 amide bonds. The third kappa shape index (κ3) is 1.62. The van der Waals surface area contributed by atoms with E-state index in [1.165, 1.54) is 0 Å². The Hall–Kier alpha value is -1.72. The SMILES string of the molecule is C#CCn1cc(C=O)c2ccc(Cl)cc21. The number of hydrogen-bond acceptors (Lipinski definition) is 1. The van der Waals surface area contributed by atoms with Crippen molar-refractivity contribution < 1.29 is 4.79 Å². The van der Waals surface area contributed by atoms with Gasteiger partial charge in [0.05, 0.1) is 12.1 Å². The van der Waals surface area contributed by atoms with Crippen molar-refractivity contribution in [3.63, 3.8) is 0 Å². The van der Waals surface area contributed by atoms with Gasteiger partial charge in [0.2, 0.25) is 0 Å². The summed E-state index contributed by atoms with van der Waals surface area (Å²) in [5, 5.41) is 1.51. The Morgan fingerprint density at radius 2 is 2.33 bits per heavy atom. The molecule has 1 aromatic carbocycles. The summed E-state index contributed by atoms with van der Waals surface area (Å²) in [4.78, 5) is 10.8. The Morgan fingerprint density at radius 1 is 1.53 bits per heavy atom. The molecule has 0 aliphatic carbocycles. The maximum absolute atomic E-state index is 10.8. The average Bonchev–Trinajstić information content (AvgIpc) is 2.57. The van der Waals surface area contributed by atoms with Crippen molar-refractivity contribution in [2.45, 2.75) is 6.54 Å². The van der Waals surface area contributed by atoms with E-state index in [2.05, 4.69) is 5.92 Å². The van der Waals surface area contributed by atoms with Crippen LogP contribution in [0.5, 0.6) is 0 Å². The van der Waals surface area contributed by atoms with Crippen molar-refractivity contribution in [2.24, 2.45) is 0 Å². The molecule has 2 nitrogen and oxygen atoms in total. The molecular weight excluding hydrogens is 210 g/mol. The Morgan fingerprint density at radius 3 is 3.00 bits per heavy atom. The molecular formula is C12H8ClNO. The molecule has 0 spiro atoms. The molecule has 0 radical (unpaired) electrons. The molecule has 0 unspecified atom stereocenters. The van der Waals surface area contributed by atoms with Crippen LogP contribution in [0.3, 0.4) is 0 Å². The summed E-state index contributed by atoms with van der Waals surface area (Å²) < 4.78 is 1.84. The number of halogens is 1. The van der Waals surface area contributed by atoms with Gasteiger partial charge >= 0.3 is 0 Å². The molecule has 74 valence electrons. The fourth-order valence-electron chi connectivity index (χ4n) is 1.62. The Labute approximate surface area is 92.5 Å². The standard InChI is InChI=1S/C12H8ClNO/c1-2-5-14-7-9(8-15)11-4-3-10(13)6-12(11)14/h1,3-4,6-8H,5H2. The van der Waals surface area contributed by atoms with Crippen molar-refractivity contribution in [2.75, 3.05) is 0 Å². The van der Waals surface area contributed by atoms with E-state index in [9.17, 15) is 4.79 Å². The molecule has 0 N–H and O–H groups in total. The van der Waals surface area contributed by atoms with Gasteiger partial charge < -0.3 is 4.57 Å². The van der Waals surface area contributed by atoms with Gasteiger partial charge in [0, 0.05) is 22.2 Å². The zero-order chi connectivity index (χ0) is 10.8. The smallest absolute Gasteiger partial charge is 0.152 e. The number of hydrogen-bond donors (Lipinski definition) is 0. The van der Waals surface area contributed by atoms with Gasteiger partial charge in [0.1, 0.15) is 0 Å². The third-order valence-electron chi connectivity index (χ3n) is 2.26. The number of terminal acetylenes is 1. The van der Waals surface area contributed by atoms with Crippen molar-refractivity contribution in [3.05, 3.63) is 35.0 Å². The lowest BCUT2D eigenvalue weighted by Gasteiger charge is -1.99. The summed E-state index contributed by atoms with van der Waals surface area (Å²) in [7, 11) is 0. The number of aldehydes is 1. The summed E-state index contributed by atoms with van der Waals surface area (Å²) in [5.74, 6) is 2.54. The lowest BCUT2D eigenvalue weighted by atomic mass is 10.2. The fourth-order valence-corrected chi connectivity index (χ4v) is 1.78. The van der Waals surface area contributed by atoms with Crippen LogP contribution in [0.25, 0.3) is 10.9 Å². The summed E-state index contributed by atoms with van der Waals surface area (Å²) >= 11 is 5.89. The minimum absolute atomic E-state index is 0.435. The maximum atomic E-state index is 10.8. The molecule has 2 aromatic rings. The van der Waals surface area contributed by atoms with Gasteiger partial charge in [-0.25, -0.2) is 0 Å². The Bertz CT molecular complexity index is 563. The van der Waals surface area contributed by atoms with Crippen LogP contribution in [-0.2, 0) is 6.54 Å². The molecule has 0 saturated heterocycles. The van der Waals surface area contributed by atoms with Gasteiger partial charge in [-0.2, -0.15) is 0 Å². The second-order valence-electron chi connectivity index (χ2n) is 3.20. The zero-order valence-electron chi connectivity index (χ0n) is 7.90. The van der Waals surface area contributed by atoms with Crippen LogP contribution in [-0.4, -0.2) is 10.9 Å². The minimum Gasteiger partial charge on any atom is -0.335 e. The predicted octanol–water partition coefficient (Wildman–Crippen LogP) is 2.74. The third-order valence-corrected chi connectivity index (χ3v) is 2.50. The Kier molecular flexibility index (Phi) is 2.49. The molecule has 15 heavy (non-hydrogen) atoms. The van der Waals surface area contributed by atoms with E-state index >= 15 is 0 Å². The first kappa shape index (κ1) is 9.82. The molecule has 0 aliphatic heterocycles. The first-order chi connectivity index (χ1) is 7.26. The number of nitrogens with zero attached hydrogens (tertiary/aromatic N) is 1. The number of rotatable bonds is 2. The molecule has 3 heteroatoms. The van der Waals surface area contributed by atoms with Crippen LogP contribution in [0.2, 0.25) is 5.02 Å². The zero-order valence-corrected chi connectivity index (χ0v) is 8.66. The van der Waals surface area contributed by atoms with E-state index in [1.807, 2.05) is 10.6 Å². The lowest BCUT2D eigenvalue weighted by Crippen LogP contribution is -1.92. The number of carbonyl (C=O) groups is 1. The van der Waals surface area contributed by atoms with Crippen LogP contribution < -0.4 is 0 Å². The van der Waals surface area contributed by atoms with Crippen molar-refractivity contribution >= 4 is 28.8 Å². The van der Waals surface area contributed by atoms with Crippen LogP contribution in [0.15, 0.2) is 24.4 Å². The van der Waals surface area contributed by atoms with Crippen molar-refractivity contribution in [1.82, 2.24) is 4.57 Å². The highest BCUT2D eigenvalue weighted by Crippen LogP contribution is 2.23. The van der Waals surface area contributed by atoms with Crippen molar-refractivity contribution in [1.29, 1.82) is 0 Å². The van der Waals surface area contributed by atoms with E-state index < -0.39 is 0 Å². The summed E-state index contributed by atoms with van der Waals surface area (Å²) in [6.45, 7) is 0.435. The van der Waals surface area contributed by atoms with E-state index in [-0.39, 0.29) is 0 Å². The topological polar surface area (TPSA) is 22.0 Å². The highest BCUT2D eigenvalue weighted by Gasteiger charge is 2.07. The molecule has 0 atom stereocenters. The number of carbonyl (C=O) groups excluding carboxylic acids is 1. The molecule has 2 rings (SSSR count). The van der Waals surface area contributed by atoms with Gasteiger partial charge in [-0.15, -0.1) is 6.42 Å². The van der Waals surface area contributed by atoms with E-state index in [1.54, 1.807) is 18.3 Å². The first-order valence-corrected chi connectivity index (χ1v) is 4.81.